The molecule has 0 aromatic carbocycles. The molecule has 1 amide bonds. The minimum atomic E-state index is -1.56. The molecule has 84 valence electrons. The van der Waals surface area contributed by atoms with Gasteiger partial charge in [0.1, 0.15) is 5.41 Å². The fourth-order valence-corrected chi connectivity index (χ4v) is 1.92. The topological polar surface area (TPSA) is 118 Å². The van der Waals surface area contributed by atoms with Gasteiger partial charge in [0.05, 0.1) is 5.92 Å². The van der Waals surface area contributed by atoms with Gasteiger partial charge in [0, 0.05) is 0 Å². The van der Waals surface area contributed by atoms with Crippen LogP contribution in [0.3, 0.4) is 0 Å². The minimum absolute atomic E-state index is 0.00856. The Hall–Kier alpha value is -1.59. The molecule has 6 nitrogen and oxygen atoms in total. The summed E-state index contributed by atoms with van der Waals surface area (Å²) in [5.41, 5.74) is 3.49. The molecule has 4 N–H and O–H groups in total. The van der Waals surface area contributed by atoms with E-state index in [1.807, 2.05) is 0 Å². The average molecular weight is 215 g/mol. The van der Waals surface area contributed by atoms with E-state index in [1.165, 1.54) is 0 Å². The van der Waals surface area contributed by atoms with Crippen molar-refractivity contribution in [2.75, 3.05) is 0 Å². The highest BCUT2D eigenvalue weighted by Gasteiger charge is 2.48. The Morgan fingerprint density at radius 1 is 1.13 bits per heavy atom. The van der Waals surface area contributed by atoms with Gasteiger partial charge in [-0.3, -0.25) is 14.4 Å². The van der Waals surface area contributed by atoms with Crippen molar-refractivity contribution in [2.24, 2.45) is 17.1 Å². The number of primary amides is 1. The highest BCUT2D eigenvalue weighted by atomic mass is 16.4. The fraction of sp³-hybridized carbons (Fsp3) is 0.667. The number of rotatable bonds is 3. The maximum atomic E-state index is 11.1. The van der Waals surface area contributed by atoms with Gasteiger partial charge in [0.15, 0.2) is 0 Å². The SMILES string of the molecule is NC(=O)C1(C(=O)O)CCC(C(=O)O)CC1. The van der Waals surface area contributed by atoms with E-state index in [1.54, 1.807) is 0 Å². The molecule has 1 rings (SSSR count). The molecule has 1 aliphatic rings. The van der Waals surface area contributed by atoms with Crippen LogP contribution in [0.2, 0.25) is 0 Å². The Labute approximate surface area is 86.1 Å². The predicted molar refractivity (Wildman–Crippen MR) is 48.9 cm³/mol. The Bertz CT molecular complexity index is 288. The van der Waals surface area contributed by atoms with E-state index < -0.39 is 29.2 Å². The van der Waals surface area contributed by atoms with Crippen LogP contribution in [0.1, 0.15) is 25.7 Å². The average Bonchev–Trinajstić information content (AvgIpc) is 2.17. The van der Waals surface area contributed by atoms with Gasteiger partial charge >= 0.3 is 11.9 Å². The first-order chi connectivity index (χ1) is 6.90. The van der Waals surface area contributed by atoms with Crippen LogP contribution in [0, 0.1) is 11.3 Å². The second-order valence-electron chi connectivity index (χ2n) is 3.86. The van der Waals surface area contributed by atoms with Crippen molar-refractivity contribution in [1.29, 1.82) is 0 Å². The van der Waals surface area contributed by atoms with Crippen molar-refractivity contribution in [3.8, 4) is 0 Å². The number of carbonyl (C=O) groups is 3. The predicted octanol–water partition coefficient (Wildman–Crippen LogP) is -0.183. The Kier molecular flexibility index (Phi) is 2.97. The van der Waals surface area contributed by atoms with Crippen molar-refractivity contribution in [3.63, 3.8) is 0 Å². The van der Waals surface area contributed by atoms with Crippen molar-refractivity contribution in [2.45, 2.75) is 25.7 Å². The van der Waals surface area contributed by atoms with Crippen LogP contribution in [-0.2, 0) is 14.4 Å². The lowest BCUT2D eigenvalue weighted by molar-refractivity contribution is -0.160. The number of aliphatic carboxylic acids is 2. The van der Waals surface area contributed by atoms with Crippen molar-refractivity contribution < 1.29 is 24.6 Å². The zero-order valence-electron chi connectivity index (χ0n) is 8.10. The summed E-state index contributed by atoms with van der Waals surface area (Å²) in [4.78, 5) is 32.7. The largest absolute Gasteiger partial charge is 0.481 e. The lowest BCUT2D eigenvalue weighted by atomic mass is 9.70. The van der Waals surface area contributed by atoms with Gasteiger partial charge in [0.25, 0.3) is 0 Å². The minimum Gasteiger partial charge on any atom is -0.481 e. The first-order valence-corrected chi connectivity index (χ1v) is 4.66. The molecule has 1 fully saturated rings. The van der Waals surface area contributed by atoms with Crippen LogP contribution in [-0.4, -0.2) is 28.1 Å². The van der Waals surface area contributed by atoms with Gasteiger partial charge in [-0.2, -0.15) is 0 Å². The summed E-state index contributed by atoms with van der Waals surface area (Å²) < 4.78 is 0. The highest BCUT2D eigenvalue weighted by Crippen LogP contribution is 2.39. The van der Waals surface area contributed by atoms with E-state index in [0.717, 1.165) is 0 Å². The van der Waals surface area contributed by atoms with Crippen LogP contribution < -0.4 is 5.73 Å². The van der Waals surface area contributed by atoms with Crippen molar-refractivity contribution in [1.82, 2.24) is 0 Å². The number of carboxylic acid groups (broad SMARTS) is 2. The molecule has 15 heavy (non-hydrogen) atoms. The zero-order chi connectivity index (χ0) is 11.6. The van der Waals surface area contributed by atoms with Gasteiger partial charge in [0.2, 0.25) is 5.91 Å². The molecular formula is C9H13NO5. The van der Waals surface area contributed by atoms with Gasteiger partial charge in [-0.05, 0) is 25.7 Å². The lowest BCUT2D eigenvalue weighted by Crippen LogP contribution is -2.47. The third kappa shape index (κ3) is 1.93. The molecular weight excluding hydrogens is 202 g/mol. The molecule has 0 unspecified atom stereocenters. The molecule has 0 atom stereocenters. The normalized spacial score (nSPS) is 30.8. The Balaban J connectivity index is 2.79. The number of carbonyl (C=O) groups excluding carboxylic acids is 1. The van der Waals surface area contributed by atoms with Crippen LogP contribution >= 0.6 is 0 Å². The standard InChI is InChI=1S/C9H13NO5/c10-7(13)9(8(14)15)3-1-5(2-4-9)6(11)12/h5H,1-4H2,(H2,10,13)(H,11,12)(H,14,15). The third-order valence-corrected chi connectivity index (χ3v) is 3.07. The second kappa shape index (κ2) is 3.88. The molecule has 6 heteroatoms. The molecule has 0 spiro atoms. The van der Waals surface area contributed by atoms with E-state index in [2.05, 4.69) is 0 Å². The molecule has 0 aliphatic heterocycles. The molecule has 1 saturated carbocycles. The Morgan fingerprint density at radius 3 is 1.87 bits per heavy atom. The van der Waals surface area contributed by atoms with E-state index in [9.17, 15) is 14.4 Å². The lowest BCUT2D eigenvalue weighted by Gasteiger charge is -2.32. The maximum absolute atomic E-state index is 11.1. The zero-order valence-corrected chi connectivity index (χ0v) is 8.10. The third-order valence-electron chi connectivity index (χ3n) is 3.07. The monoisotopic (exact) mass is 215 g/mol. The van der Waals surface area contributed by atoms with Gasteiger partial charge in [-0.15, -0.1) is 0 Å². The van der Waals surface area contributed by atoms with Gasteiger partial charge in [-0.1, -0.05) is 0 Å². The van der Waals surface area contributed by atoms with Crippen LogP contribution in [0.4, 0.5) is 0 Å². The first kappa shape index (κ1) is 11.5. The van der Waals surface area contributed by atoms with E-state index in [-0.39, 0.29) is 25.7 Å². The highest BCUT2D eigenvalue weighted by molar-refractivity contribution is 6.01. The summed E-state index contributed by atoms with van der Waals surface area (Å²) in [6.45, 7) is 0. The van der Waals surface area contributed by atoms with Gasteiger partial charge < -0.3 is 15.9 Å². The number of nitrogens with two attached hydrogens (primary N) is 1. The molecule has 0 saturated heterocycles. The molecule has 0 aromatic rings. The molecule has 0 aromatic heterocycles. The quantitative estimate of drug-likeness (QED) is 0.564. The van der Waals surface area contributed by atoms with Crippen molar-refractivity contribution >= 4 is 17.8 Å². The van der Waals surface area contributed by atoms with E-state index >= 15 is 0 Å². The van der Waals surface area contributed by atoms with Crippen LogP contribution in [0.25, 0.3) is 0 Å². The summed E-state index contributed by atoms with van der Waals surface area (Å²) >= 11 is 0. The van der Waals surface area contributed by atoms with Crippen LogP contribution in [0.15, 0.2) is 0 Å². The summed E-state index contributed by atoms with van der Waals surface area (Å²) in [6.07, 6.45) is 0.387. The molecule has 0 heterocycles. The second-order valence-corrected chi connectivity index (χ2v) is 3.86. The van der Waals surface area contributed by atoms with Crippen LogP contribution in [0.5, 0.6) is 0 Å². The summed E-state index contributed by atoms with van der Waals surface area (Å²) in [5, 5.41) is 17.7. The summed E-state index contributed by atoms with van der Waals surface area (Å²) in [7, 11) is 0. The fourth-order valence-electron chi connectivity index (χ4n) is 1.92. The first-order valence-electron chi connectivity index (χ1n) is 4.66. The molecule has 1 aliphatic carbocycles. The van der Waals surface area contributed by atoms with Crippen molar-refractivity contribution in [3.05, 3.63) is 0 Å². The van der Waals surface area contributed by atoms with Gasteiger partial charge in [-0.25, -0.2) is 0 Å². The number of hydrogen-bond acceptors (Lipinski definition) is 3. The number of carboxylic acids is 2. The summed E-state index contributed by atoms with van der Waals surface area (Å²) in [5.74, 6) is -3.63. The molecule has 0 radical (unpaired) electrons. The number of amides is 1. The van der Waals surface area contributed by atoms with E-state index in [0.29, 0.717) is 0 Å². The summed E-state index contributed by atoms with van der Waals surface area (Å²) in [6, 6.07) is 0. The maximum Gasteiger partial charge on any atom is 0.319 e. The smallest absolute Gasteiger partial charge is 0.319 e. The molecule has 0 bridgehead atoms. The number of hydrogen-bond donors (Lipinski definition) is 3. The van der Waals surface area contributed by atoms with E-state index in [4.69, 9.17) is 15.9 Å². The Morgan fingerprint density at radius 2 is 1.60 bits per heavy atom.